The molecule has 29 heavy (non-hydrogen) atoms. The third-order valence-corrected chi connectivity index (χ3v) is 8.50. The van der Waals surface area contributed by atoms with Crippen molar-refractivity contribution in [1.29, 1.82) is 0 Å². The van der Waals surface area contributed by atoms with E-state index in [4.69, 9.17) is 0 Å². The Morgan fingerprint density at radius 3 is 1.69 bits per heavy atom. The average molecular weight is 485 g/mol. The van der Waals surface area contributed by atoms with Gasteiger partial charge >= 0.3 is 0 Å². The van der Waals surface area contributed by atoms with Gasteiger partial charge in [0.15, 0.2) is 8.68 Å². The van der Waals surface area contributed by atoms with Crippen molar-refractivity contribution in [2.45, 2.75) is 21.8 Å². The van der Waals surface area contributed by atoms with Crippen molar-refractivity contribution in [3.63, 3.8) is 0 Å². The molecule has 2 amide bonds. The minimum Gasteiger partial charge on any atom is -0.341 e. The lowest BCUT2D eigenvalue weighted by molar-refractivity contribution is -0.128. The summed E-state index contributed by atoms with van der Waals surface area (Å²) in [5.74, 6) is 0.747. The summed E-state index contributed by atoms with van der Waals surface area (Å²) < 4.78 is 1.48. The van der Waals surface area contributed by atoms with Gasteiger partial charge in [0, 0.05) is 27.2 Å². The second-order valence-electron chi connectivity index (χ2n) is 6.17. The molecular formula is C18H20N4O2S5. The van der Waals surface area contributed by atoms with Crippen LogP contribution in [0.3, 0.4) is 0 Å². The van der Waals surface area contributed by atoms with Gasteiger partial charge in [0.1, 0.15) is 0 Å². The maximum atomic E-state index is 12.3. The number of nitrogens with zero attached hydrogens (tertiary/aromatic N) is 4. The molecule has 3 rings (SSSR count). The van der Waals surface area contributed by atoms with E-state index in [9.17, 15) is 9.59 Å². The van der Waals surface area contributed by atoms with Crippen molar-refractivity contribution < 1.29 is 9.59 Å². The Bertz CT molecular complexity index is 838. The van der Waals surface area contributed by atoms with E-state index in [1.165, 1.54) is 34.9 Å². The van der Waals surface area contributed by atoms with E-state index < -0.39 is 0 Å². The van der Waals surface area contributed by atoms with Crippen molar-refractivity contribution in [2.24, 2.45) is 0 Å². The van der Waals surface area contributed by atoms with Gasteiger partial charge in [-0.3, -0.25) is 9.59 Å². The molecule has 0 aliphatic rings. The maximum Gasteiger partial charge on any atom is 0.233 e. The number of rotatable bonds is 10. The Balaban J connectivity index is 1.39. The predicted octanol–water partition coefficient (Wildman–Crippen LogP) is 4.16. The molecular weight excluding hydrogens is 465 g/mol. The van der Waals surface area contributed by atoms with Gasteiger partial charge in [0.2, 0.25) is 11.8 Å². The molecule has 0 fully saturated rings. The van der Waals surface area contributed by atoms with Crippen molar-refractivity contribution in [1.82, 2.24) is 20.0 Å². The Kier molecular flexibility index (Phi) is 8.54. The van der Waals surface area contributed by atoms with Crippen LogP contribution in [0, 0.1) is 0 Å². The lowest BCUT2D eigenvalue weighted by Gasteiger charge is -2.15. The summed E-state index contributed by atoms with van der Waals surface area (Å²) in [5, 5.41) is 16.4. The first-order valence-corrected chi connectivity index (χ1v) is 13.3. The van der Waals surface area contributed by atoms with Crippen molar-refractivity contribution >= 4 is 69.3 Å². The van der Waals surface area contributed by atoms with E-state index in [-0.39, 0.29) is 11.8 Å². The number of carbonyl (C=O) groups is 2. The fraction of sp³-hybridized carbons (Fsp3) is 0.333. The quantitative estimate of drug-likeness (QED) is 0.403. The van der Waals surface area contributed by atoms with Crippen LogP contribution in [-0.4, -0.2) is 57.4 Å². The Morgan fingerprint density at radius 1 is 0.862 bits per heavy atom. The molecule has 0 N–H and O–H groups in total. The zero-order valence-electron chi connectivity index (χ0n) is 15.9. The second-order valence-corrected chi connectivity index (χ2v) is 11.2. The summed E-state index contributed by atoms with van der Waals surface area (Å²) in [6.07, 6.45) is 0. The van der Waals surface area contributed by atoms with E-state index in [1.807, 2.05) is 33.7 Å². The van der Waals surface area contributed by atoms with Gasteiger partial charge in [-0.15, -0.1) is 10.2 Å². The summed E-state index contributed by atoms with van der Waals surface area (Å²) in [7, 11) is 3.61. The van der Waals surface area contributed by atoms with Crippen molar-refractivity contribution in [3.8, 4) is 0 Å². The molecule has 0 radical (unpaired) electrons. The summed E-state index contributed by atoms with van der Waals surface area (Å²) in [6.45, 7) is 1.22. The third-order valence-electron chi connectivity index (χ3n) is 3.88. The van der Waals surface area contributed by atoms with Crippen molar-refractivity contribution in [3.05, 3.63) is 44.8 Å². The third kappa shape index (κ3) is 7.10. The van der Waals surface area contributed by atoms with Gasteiger partial charge in [-0.05, 0) is 44.8 Å². The summed E-state index contributed by atoms with van der Waals surface area (Å²) in [4.78, 5) is 28.0. The molecule has 3 heterocycles. The molecule has 3 aromatic rings. The van der Waals surface area contributed by atoms with Crippen molar-refractivity contribution in [2.75, 3.05) is 25.6 Å². The van der Waals surface area contributed by atoms with Crippen LogP contribution in [-0.2, 0) is 22.7 Å². The highest BCUT2D eigenvalue weighted by molar-refractivity contribution is 8.03. The minimum atomic E-state index is 0.0517. The normalized spacial score (nSPS) is 10.8. The lowest BCUT2D eigenvalue weighted by Crippen LogP contribution is -2.27. The molecule has 0 atom stereocenters. The number of thiophene rings is 2. The summed E-state index contributed by atoms with van der Waals surface area (Å²) in [6, 6.07) is 4.05. The summed E-state index contributed by atoms with van der Waals surface area (Å²) in [5.41, 5.74) is 2.28. The first-order chi connectivity index (χ1) is 14.0. The number of aromatic nitrogens is 2. The van der Waals surface area contributed by atoms with Gasteiger partial charge in [-0.1, -0.05) is 34.9 Å². The van der Waals surface area contributed by atoms with Gasteiger partial charge < -0.3 is 9.80 Å². The van der Waals surface area contributed by atoms with Crippen LogP contribution >= 0.6 is 57.5 Å². The van der Waals surface area contributed by atoms with E-state index >= 15 is 0 Å². The van der Waals surface area contributed by atoms with Crippen LogP contribution in [0.25, 0.3) is 0 Å². The molecule has 3 aromatic heterocycles. The molecule has 0 aliphatic carbocycles. The van der Waals surface area contributed by atoms with Crippen LogP contribution in [0.5, 0.6) is 0 Å². The van der Waals surface area contributed by atoms with E-state index in [0.29, 0.717) is 24.6 Å². The molecule has 0 spiro atoms. The number of thioether (sulfide) groups is 2. The van der Waals surface area contributed by atoms with Gasteiger partial charge in [-0.2, -0.15) is 22.7 Å². The number of hydrogen-bond donors (Lipinski definition) is 0. The largest absolute Gasteiger partial charge is 0.341 e. The van der Waals surface area contributed by atoms with Gasteiger partial charge in [0.25, 0.3) is 0 Å². The molecule has 0 aromatic carbocycles. The topological polar surface area (TPSA) is 66.4 Å². The molecule has 0 saturated heterocycles. The highest BCUT2D eigenvalue weighted by Crippen LogP contribution is 2.29. The van der Waals surface area contributed by atoms with Crippen LogP contribution in [0.2, 0.25) is 0 Å². The second kappa shape index (κ2) is 11.1. The fourth-order valence-corrected chi connectivity index (χ4v) is 6.49. The highest BCUT2D eigenvalue weighted by Gasteiger charge is 2.15. The maximum absolute atomic E-state index is 12.3. The van der Waals surface area contributed by atoms with E-state index in [1.54, 1.807) is 46.6 Å². The van der Waals surface area contributed by atoms with Gasteiger partial charge in [0.05, 0.1) is 11.5 Å². The SMILES string of the molecule is CN(Cc1ccsc1)C(=O)CSc1nnc(SCC(=O)N(C)Cc2ccsc2)s1. The molecule has 0 bridgehead atoms. The molecule has 6 nitrogen and oxygen atoms in total. The molecule has 0 saturated carbocycles. The van der Waals surface area contributed by atoms with E-state index in [0.717, 1.165) is 19.8 Å². The minimum absolute atomic E-state index is 0.0517. The zero-order valence-corrected chi connectivity index (χ0v) is 20.0. The summed E-state index contributed by atoms with van der Waals surface area (Å²) >= 11 is 7.43. The average Bonchev–Trinajstić information content (AvgIpc) is 3.47. The van der Waals surface area contributed by atoms with Crippen LogP contribution in [0.1, 0.15) is 11.1 Å². The standard InChI is InChI=1S/C18H20N4O2S5/c1-21(7-13-3-5-25-9-13)15(23)11-27-17-19-20-18(29-17)28-12-16(24)22(2)8-14-4-6-26-10-14/h3-6,9-10H,7-8,11-12H2,1-2H3. The smallest absolute Gasteiger partial charge is 0.233 e. The Hall–Kier alpha value is -1.40. The Morgan fingerprint density at radius 2 is 1.31 bits per heavy atom. The van der Waals surface area contributed by atoms with Crippen LogP contribution < -0.4 is 0 Å². The molecule has 154 valence electrons. The molecule has 0 unspecified atom stereocenters. The molecule has 0 aliphatic heterocycles. The van der Waals surface area contributed by atoms with Crippen LogP contribution in [0.15, 0.2) is 42.3 Å². The number of hydrogen-bond acceptors (Lipinski definition) is 9. The first-order valence-electron chi connectivity index (χ1n) is 8.60. The number of carbonyl (C=O) groups excluding carboxylic acids is 2. The monoisotopic (exact) mass is 484 g/mol. The highest BCUT2D eigenvalue weighted by atomic mass is 32.2. The molecule has 11 heteroatoms. The van der Waals surface area contributed by atoms with Crippen LogP contribution in [0.4, 0.5) is 0 Å². The fourth-order valence-electron chi connectivity index (χ4n) is 2.27. The predicted molar refractivity (Wildman–Crippen MR) is 123 cm³/mol. The lowest BCUT2D eigenvalue weighted by atomic mass is 10.3. The zero-order chi connectivity index (χ0) is 20.6. The number of amides is 2. The van der Waals surface area contributed by atoms with E-state index in [2.05, 4.69) is 10.2 Å². The first kappa shape index (κ1) is 22.3. The van der Waals surface area contributed by atoms with Gasteiger partial charge in [-0.25, -0.2) is 0 Å². The Labute approximate surface area is 190 Å².